The monoisotopic (exact) mass is 412 g/mol. The Labute approximate surface area is 155 Å². The second-order valence-electron chi connectivity index (χ2n) is 5.40. The molecule has 2 aromatic carbocycles. The Morgan fingerprint density at radius 3 is 1.63 bits per heavy atom. The molecule has 0 spiro atoms. The summed E-state index contributed by atoms with van der Waals surface area (Å²) < 4.78 is 44.6. The van der Waals surface area contributed by atoms with Gasteiger partial charge in [-0.2, -0.15) is 0 Å². The topological polar surface area (TPSA) is 179 Å². The van der Waals surface area contributed by atoms with Crippen LogP contribution in [-0.2, 0) is 36.2 Å². The van der Waals surface area contributed by atoms with Crippen LogP contribution in [0, 0.1) is 0 Å². The zero-order chi connectivity index (χ0) is 20.2. The summed E-state index contributed by atoms with van der Waals surface area (Å²) in [6, 6.07) is 10.4. The number of nitrogens with one attached hydrogen (secondary N) is 2. The third-order valence-corrected chi connectivity index (χ3v) is 5.21. The predicted octanol–water partition coefficient (Wildman–Crippen LogP) is -0.764. The Hall–Kier alpha value is -2.80. The molecule has 0 aliphatic rings. The highest BCUT2D eigenvalue weighted by Crippen LogP contribution is 2.12. The first-order chi connectivity index (χ1) is 12.5. The van der Waals surface area contributed by atoms with E-state index in [1.165, 1.54) is 48.5 Å². The van der Waals surface area contributed by atoms with Crippen molar-refractivity contribution >= 4 is 37.5 Å². The summed E-state index contributed by atoms with van der Waals surface area (Å²) in [5.41, 5.74) is 0.765. The molecular formula is C15H16N4O6S2. The van der Waals surface area contributed by atoms with Gasteiger partial charge < -0.3 is 10.6 Å². The summed E-state index contributed by atoms with van der Waals surface area (Å²) in [5, 5.41) is 14.6. The van der Waals surface area contributed by atoms with Gasteiger partial charge in [0.25, 0.3) is 0 Å². The van der Waals surface area contributed by atoms with E-state index in [-0.39, 0.29) is 22.0 Å². The number of benzene rings is 2. The summed E-state index contributed by atoms with van der Waals surface area (Å²) in [6.45, 7) is -0.0124. The molecule has 0 unspecified atom stereocenters. The van der Waals surface area contributed by atoms with E-state index in [4.69, 9.17) is 10.3 Å². The van der Waals surface area contributed by atoms with E-state index in [2.05, 4.69) is 10.6 Å². The second-order valence-corrected chi connectivity index (χ2v) is 8.52. The van der Waals surface area contributed by atoms with E-state index in [1.807, 2.05) is 0 Å². The Kier molecular flexibility index (Phi) is 5.95. The molecule has 144 valence electrons. The lowest BCUT2D eigenvalue weighted by molar-refractivity contribution is -0.136. The quantitative estimate of drug-likeness (QED) is 0.468. The van der Waals surface area contributed by atoms with Crippen LogP contribution in [0.2, 0.25) is 0 Å². The molecule has 10 nitrogen and oxygen atoms in total. The van der Waals surface area contributed by atoms with Gasteiger partial charge in [0.15, 0.2) is 0 Å². The van der Waals surface area contributed by atoms with Gasteiger partial charge in [-0.15, -0.1) is 0 Å². The average molecular weight is 412 g/mol. The largest absolute Gasteiger partial charge is 0.344 e. The first-order valence-electron chi connectivity index (χ1n) is 7.30. The Balaban J connectivity index is 1.93. The van der Waals surface area contributed by atoms with Gasteiger partial charge in [-0.05, 0) is 42.0 Å². The fourth-order valence-electron chi connectivity index (χ4n) is 1.98. The van der Waals surface area contributed by atoms with Crippen molar-refractivity contribution in [1.82, 2.24) is 5.32 Å². The minimum atomic E-state index is -3.85. The van der Waals surface area contributed by atoms with Crippen LogP contribution >= 0.6 is 0 Å². The number of carbonyl (C=O) groups is 2. The molecule has 0 saturated heterocycles. The Morgan fingerprint density at radius 2 is 1.19 bits per heavy atom. The fourth-order valence-corrected chi connectivity index (χ4v) is 3.01. The van der Waals surface area contributed by atoms with Gasteiger partial charge in [-0.3, -0.25) is 9.59 Å². The first kappa shape index (κ1) is 20.5. The van der Waals surface area contributed by atoms with Gasteiger partial charge >= 0.3 is 11.8 Å². The van der Waals surface area contributed by atoms with Crippen LogP contribution < -0.4 is 20.9 Å². The minimum absolute atomic E-state index is 0.0124. The lowest BCUT2D eigenvalue weighted by Crippen LogP contribution is -2.34. The van der Waals surface area contributed by atoms with Crippen LogP contribution in [0.4, 0.5) is 5.69 Å². The molecule has 0 aromatic heterocycles. The summed E-state index contributed by atoms with van der Waals surface area (Å²) >= 11 is 0. The third-order valence-electron chi connectivity index (χ3n) is 3.35. The second kappa shape index (κ2) is 7.84. The molecule has 2 rings (SSSR count). The molecule has 0 aliphatic heterocycles. The molecule has 0 radical (unpaired) electrons. The smallest absolute Gasteiger partial charge is 0.313 e. The zero-order valence-corrected chi connectivity index (χ0v) is 15.4. The molecule has 2 aromatic rings. The van der Waals surface area contributed by atoms with Gasteiger partial charge in [0.05, 0.1) is 9.79 Å². The number of amides is 2. The van der Waals surface area contributed by atoms with Gasteiger partial charge in [0, 0.05) is 12.2 Å². The lowest BCUT2D eigenvalue weighted by atomic mass is 10.2. The first-order valence-corrected chi connectivity index (χ1v) is 10.4. The molecule has 0 heterocycles. The van der Waals surface area contributed by atoms with Crippen molar-refractivity contribution in [3.63, 3.8) is 0 Å². The van der Waals surface area contributed by atoms with Gasteiger partial charge in [0.2, 0.25) is 20.0 Å². The van der Waals surface area contributed by atoms with E-state index >= 15 is 0 Å². The summed E-state index contributed by atoms with van der Waals surface area (Å²) in [7, 11) is -7.66. The lowest BCUT2D eigenvalue weighted by Gasteiger charge is -2.07. The summed E-state index contributed by atoms with van der Waals surface area (Å²) in [4.78, 5) is 23.5. The zero-order valence-electron chi connectivity index (χ0n) is 13.7. The highest BCUT2D eigenvalue weighted by molar-refractivity contribution is 7.89. The fraction of sp³-hybridized carbons (Fsp3) is 0.0667. The van der Waals surface area contributed by atoms with E-state index in [1.54, 1.807) is 0 Å². The highest BCUT2D eigenvalue weighted by atomic mass is 32.2. The normalized spacial score (nSPS) is 11.6. The number of nitrogens with two attached hydrogens (primary N) is 2. The summed E-state index contributed by atoms with van der Waals surface area (Å²) in [6.07, 6.45) is 0. The van der Waals surface area contributed by atoms with E-state index < -0.39 is 31.9 Å². The standard InChI is InChI=1S/C15H16N4O6S2/c16-26(22,23)12-5-1-10(2-6-12)9-18-14(20)15(21)19-11-3-7-13(8-4-11)27(17,24)25/h1-8H,9H2,(H,18,20)(H,19,21)(H2,16,22,23)(H2,17,24,25). The number of hydrogen-bond acceptors (Lipinski definition) is 6. The predicted molar refractivity (Wildman–Crippen MR) is 96.1 cm³/mol. The molecule has 0 aliphatic carbocycles. The van der Waals surface area contributed by atoms with E-state index in [9.17, 15) is 26.4 Å². The van der Waals surface area contributed by atoms with Crippen molar-refractivity contribution in [2.75, 3.05) is 5.32 Å². The minimum Gasteiger partial charge on any atom is -0.344 e. The van der Waals surface area contributed by atoms with Crippen LogP contribution in [0.3, 0.4) is 0 Å². The molecular weight excluding hydrogens is 396 g/mol. The molecule has 0 saturated carbocycles. The van der Waals surface area contributed by atoms with Crippen LogP contribution in [0.25, 0.3) is 0 Å². The van der Waals surface area contributed by atoms with Crippen molar-refractivity contribution in [2.24, 2.45) is 10.3 Å². The Bertz CT molecular complexity index is 1060. The van der Waals surface area contributed by atoms with Crippen molar-refractivity contribution < 1.29 is 26.4 Å². The van der Waals surface area contributed by atoms with E-state index in [0.717, 1.165) is 0 Å². The van der Waals surface area contributed by atoms with Crippen LogP contribution in [0.1, 0.15) is 5.56 Å². The molecule has 0 atom stereocenters. The van der Waals surface area contributed by atoms with Crippen molar-refractivity contribution in [2.45, 2.75) is 16.3 Å². The number of anilines is 1. The highest BCUT2D eigenvalue weighted by Gasteiger charge is 2.14. The SMILES string of the molecule is NS(=O)(=O)c1ccc(CNC(=O)C(=O)Nc2ccc(S(N)(=O)=O)cc2)cc1. The molecule has 6 N–H and O–H groups in total. The molecule has 12 heteroatoms. The maximum atomic E-state index is 11.8. The molecule has 0 fully saturated rings. The van der Waals surface area contributed by atoms with Crippen LogP contribution in [0.5, 0.6) is 0 Å². The number of sulfonamides is 2. The van der Waals surface area contributed by atoms with Crippen molar-refractivity contribution in [1.29, 1.82) is 0 Å². The number of rotatable bonds is 5. The van der Waals surface area contributed by atoms with Crippen LogP contribution in [-0.4, -0.2) is 28.6 Å². The maximum absolute atomic E-state index is 11.8. The average Bonchev–Trinajstić information content (AvgIpc) is 2.59. The number of carbonyl (C=O) groups excluding carboxylic acids is 2. The number of primary sulfonamides is 2. The van der Waals surface area contributed by atoms with Gasteiger partial charge in [-0.1, -0.05) is 12.1 Å². The number of hydrogen-bond donors (Lipinski definition) is 4. The maximum Gasteiger partial charge on any atom is 0.313 e. The molecule has 2 amide bonds. The third kappa shape index (κ3) is 5.86. The van der Waals surface area contributed by atoms with E-state index in [0.29, 0.717) is 5.56 Å². The van der Waals surface area contributed by atoms with Gasteiger partial charge in [0.1, 0.15) is 0 Å². The van der Waals surface area contributed by atoms with Gasteiger partial charge in [-0.25, -0.2) is 27.1 Å². The molecule has 0 bridgehead atoms. The van der Waals surface area contributed by atoms with Crippen molar-refractivity contribution in [3.05, 3.63) is 54.1 Å². The summed E-state index contributed by atoms with van der Waals surface area (Å²) in [5.74, 6) is -1.89. The Morgan fingerprint density at radius 1 is 0.741 bits per heavy atom. The van der Waals surface area contributed by atoms with Crippen LogP contribution in [0.15, 0.2) is 58.3 Å². The molecule has 27 heavy (non-hydrogen) atoms. The van der Waals surface area contributed by atoms with Crippen molar-refractivity contribution in [3.8, 4) is 0 Å².